The van der Waals surface area contributed by atoms with E-state index in [0.717, 1.165) is 17.7 Å². The van der Waals surface area contributed by atoms with Crippen LogP contribution in [-0.2, 0) is 13.0 Å². The second-order valence-corrected chi connectivity index (χ2v) is 4.02. The van der Waals surface area contributed by atoms with E-state index in [2.05, 4.69) is 17.2 Å². The van der Waals surface area contributed by atoms with Gasteiger partial charge in [-0.2, -0.15) is 0 Å². The maximum Gasteiger partial charge on any atom is 0.412 e. The van der Waals surface area contributed by atoms with Gasteiger partial charge in [-0.15, -0.1) is 0 Å². The molecule has 4 heteroatoms. The molecule has 0 aliphatic carbocycles. The predicted octanol–water partition coefficient (Wildman–Crippen LogP) is 2.93. The summed E-state index contributed by atoms with van der Waals surface area (Å²) in [5.41, 5.74) is 2.00. The number of rotatable bonds is 4. The fourth-order valence-corrected chi connectivity index (χ4v) is 1.74. The number of aryl methyl sites for hydroxylation is 1. The summed E-state index contributed by atoms with van der Waals surface area (Å²) in [6, 6.07) is 12.9. The quantitative estimate of drug-likeness (QED) is 0.915. The molecule has 19 heavy (non-hydrogen) atoms. The number of para-hydroxylation sites is 1. The van der Waals surface area contributed by atoms with Gasteiger partial charge >= 0.3 is 6.09 Å². The van der Waals surface area contributed by atoms with E-state index in [9.17, 15) is 4.79 Å². The summed E-state index contributed by atoms with van der Waals surface area (Å²) in [5, 5.41) is 2.70. The zero-order valence-corrected chi connectivity index (χ0v) is 10.8. The van der Waals surface area contributed by atoms with Crippen molar-refractivity contribution >= 4 is 6.09 Å². The van der Waals surface area contributed by atoms with E-state index in [1.54, 1.807) is 18.3 Å². The summed E-state index contributed by atoms with van der Waals surface area (Å²) in [5.74, 6) is 0.525. The number of nitrogens with one attached hydrogen (secondary N) is 1. The molecule has 0 fully saturated rings. The molecule has 0 aliphatic rings. The number of hydrogen-bond donors (Lipinski definition) is 1. The van der Waals surface area contributed by atoms with Gasteiger partial charge in [-0.3, -0.25) is 4.98 Å². The van der Waals surface area contributed by atoms with Gasteiger partial charge < -0.3 is 10.1 Å². The molecular weight excluding hydrogens is 240 g/mol. The Morgan fingerprint density at radius 1 is 1.21 bits per heavy atom. The van der Waals surface area contributed by atoms with Gasteiger partial charge in [0, 0.05) is 6.20 Å². The molecule has 2 rings (SSSR count). The molecule has 2 aromatic rings. The van der Waals surface area contributed by atoms with Crippen LogP contribution in [0, 0.1) is 0 Å². The van der Waals surface area contributed by atoms with E-state index in [1.807, 2.05) is 30.3 Å². The summed E-state index contributed by atoms with van der Waals surface area (Å²) in [6.07, 6.45) is 2.14. The number of aromatic nitrogens is 1. The van der Waals surface area contributed by atoms with Crippen LogP contribution in [0.5, 0.6) is 5.75 Å². The molecule has 0 spiro atoms. The van der Waals surface area contributed by atoms with Gasteiger partial charge in [0.05, 0.1) is 12.2 Å². The number of ether oxygens (including phenoxy) is 1. The summed E-state index contributed by atoms with van der Waals surface area (Å²) in [7, 11) is 0. The molecule has 0 saturated heterocycles. The molecular formula is C15H16N2O2. The smallest absolute Gasteiger partial charge is 0.410 e. The van der Waals surface area contributed by atoms with Crippen molar-refractivity contribution < 1.29 is 9.53 Å². The van der Waals surface area contributed by atoms with E-state index < -0.39 is 6.09 Å². The second-order valence-electron chi connectivity index (χ2n) is 4.02. The molecule has 1 aromatic carbocycles. The van der Waals surface area contributed by atoms with Gasteiger partial charge in [0.2, 0.25) is 0 Å². The average Bonchev–Trinajstić information content (AvgIpc) is 2.46. The Morgan fingerprint density at radius 2 is 2.00 bits per heavy atom. The fourth-order valence-electron chi connectivity index (χ4n) is 1.74. The lowest BCUT2D eigenvalue weighted by molar-refractivity contribution is 0.200. The first-order valence-corrected chi connectivity index (χ1v) is 6.23. The lowest BCUT2D eigenvalue weighted by Crippen LogP contribution is -2.27. The first-order valence-electron chi connectivity index (χ1n) is 6.23. The van der Waals surface area contributed by atoms with E-state index in [1.165, 1.54) is 0 Å². The van der Waals surface area contributed by atoms with Crippen LogP contribution in [-0.4, -0.2) is 11.1 Å². The van der Waals surface area contributed by atoms with Crippen molar-refractivity contribution in [1.82, 2.24) is 10.3 Å². The van der Waals surface area contributed by atoms with Crippen LogP contribution in [0.3, 0.4) is 0 Å². The number of amides is 1. The van der Waals surface area contributed by atoms with Crippen LogP contribution in [0.4, 0.5) is 4.79 Å². The summed E-state index contributed by atoms with van der Waals surface area (Å²) >= 11 is 0. The molecule has 0 radical (unpaired) electrons. The summed E-state index contributed by atoms with van der Waals surface area (Å²) < 4.78 is 5.13. The standard InChI is InChI=1S/C15H16N2O2/c1-2-12-7-6-10-16-14(12)11-17-15(18)19-13-8-4-3-5-9-13/h3-10H,2,11H2,1H3,(H,17,18). The monoisotopic (exact) mass is 256 g/mol. The lowest BCUT2D eigenvalue weighted by Gasteiger charge is -2.08. The largest absolute Gasteiger partial charge is 0.412 e. The van der Waals surface area contributed by atoms with Crippen molar-refractivity contribution in [3.05, 3.63) is 59.9 Å². The Kier molecular flexibility index (Phi) is 4.50. The third-order valence-electron chi connectivity index (χ3n) is 2.72. The molecule has 1 N–H and O–H groups in total. The third kappa shape index (κ3) is 3.81. The zero-order chi connectivity index (χ0) is 13.5. The van der Waals surface area contributed by atoms with Gasteiger partial charge in [-0.25, -0.2) is 4.79 Å². The highest BCUT2D eigenvalue weighted by atomic mass is 16.5. The lowest BCUT2D eigenvalue weighted by atomic mass is 10.1. The Hall–Kier alpha value is -2.36. The van der Waals surface area contributed by atoms with Crippen LogP contribution in [0.25, 0.3) is 0 Å². The van der Waals surface area contributed by atoms with Crippen molar-refractivity contribution in [3.8, 4) is 5.75 Å². The number of benzene rings is 1. The Morgan fingerprint density at radius 3 is 2.74 bits per heavy atom. The van der Waals surface area contributed by atoms with Gasteiger partial charge in [-0.05, 0) is 30.2 Å². The first-order chi connectivity index (χ1) is 9.29. The second kappa shape index (κ2) is 6.54. The Balaban J connectivity index is 1.90. The number of pyridine rings is 1. The molecule has 0 atom stereocenters. The number of nitrogens with zero attached hydrogens (tertiary/aromatic N) is 1. The van der Waals surface area contributed by atoms with Crippen molar-refractivity contribution in [3.63, 3.8) is 0 Å². The average molecular weight is 256 g/mol. The number of carbonyl (C=O) groups is 1. The van der Waals surface area contributed by atoms with Gasteiger partial charge in [0.15, 0.2) is 0 Å². The number of carbonyl (C=O) groups excluding carboxylic acids is 1. The number of hydrogen-bond acceptors (Lipinski definition) is 3. The minimum Gasteiger partial charge on any atom is -0.410 e. The van der Waals surface area contributed by atoms with E-state index in [-0.39, 0.29) is 0 Å². The summed E-state index contributed by atoms with van der Waals surface area (Å²) in [6.45, 7) is 2.43. The normalized spacial score (nSPS) is 9.95. The highest BCUT2D eigenvalue weighted by Crippen LogP contribution is 2.09. The maximum atomic E-state index is 11.6. The Labute approximate surface area is 112 Å². The molecule has 0 unspecified atom stereocenters. The van der Waals surface area contributed by atoms with Gasteiger partial charge in [-0.1, -0.05) is 31.2 Å². The molecule has 98 valence electrons. The maximum absolute atomic E-state index is 11.6. The zero-order valence-electron chi connectivity index (χ0n) is 10.8. The van der Waals surface area contributed by atoms with E-state index >= 15 is 0 Å². The van der Waals surface area contributed by atoms with Crippen molar-refractivity contribution in [2.75, 3.05) is 0 Å². The van der Waals surface area contributed by atoms with Crippen molar-refractivity contribution in [2.24, 2.45) is 0 Å². The minimum absolute atomic E-state index is 0.371. The topological polar surface area (TPSA) is 51.2 Å². The van der Waals surface area contributed by atoms with E-state index in [4.69, 9.17) is 4.74 Å². The van der Waals surface area contributed by atoms with Crippen LogP contribution >= 0.6 is 0 Å². The van der Waals surface area contributed by atoms with Gasteiger partial charge in [0.25, 0.3) is 0 Å². The molecule has 1 amide bonds. The van der Waals surface area contributed by atoms with Crippen molar-refractivity contribution in [1.29, 1.82) is 0 Å². The molecule has 0 saturated carbocycles. The molecule has 1 aromatic heterocycles. The SMILES string of the molecule is CCc1cccnc1CNC(=O)Oc1ccccc1. The molecule has 0 bridgehead atoms. The predicted molar refractivity (Wildman–Crippen MR) is 72.9 cm³/mol. The Bertz CT molecular complexity index is 541. The van der Waals surface area contributed by atoms with Crippen LogP contribution < -0.4 is 10.1 Å². The molecule has 1 heterocycles. The fraction of sp³-hybridized carbons (Fsp3) is 0.200. The minimum atomic E-state index is -0.473. The summed E-state index contributed by atoms with van der Waals surface area (Å²) in [4.78, 5) is 15.9. The van der Waals surface area contributed by atoms with Crippen LogP contribution in [0.2, 0.25) is 0 Å². The highest BCUT2D eigenvalue weighted by Gasteiger charge is 2.06. The van der Waals surface area contributed by atoms with Crippen LogP contribution in [0.1, 0.15) is 18.2 Å². The highest BCUT2D eigenvalue weighted by molar-refractivity contribution is 5.70. The molecule has 0 aliphatic heterocycles. The van der Waals surface area contributed by atoms with Crippen LogP contribution in [0.15, 0.2) is 48.7 Å². The van der Waals surface area contributed by atoms with Crippen molar-refractivity contribution in [2.45, 2.75) is 19.9 Å². The first kappa shape index (κ1) is 13.1. The third-order valence-corrected chi connectivity index (χ3v) is 2.72. The van der Waals surface area contributed by atoms with E-state index in [0.29, 0.717) is 12.3 Å². The van der Waals surface area contributed by atoms with Gasteiger partial charge in [0.1, 0.15) is 5.75 Å². The molecule has 4 nitrogen and oxygen atoms in total.